The maximum atomic E-state index is 12.6. The van der Waals surface area contributed by atoms with Crippen molar-refractivity contribution in [1.29, 1.82) is 0 Å². The van der Waals surface area contributed by atoms with Gasteiger partial charge in [-0.3, -0.25) is 4.72 Å². The summed E-state index contributed by atoms with van der Waals surface area (Å²) in [5.41, 5.74) is 3.50. The van der Waals surface area contributed by atoms with E-state index in [9.17, 15) is 8.42 Å². The summed E-state index contributed by atoms with van der Waals surface area (Å²) >= 11 is 0. The van der Waals surface area contributed by atoms with Crippen LogP contribution < -0.4 is 10.0 Å². The molecule has 5 nitrogen and oxygen atoms in total. The van der Waals surface area contributed by atoms with Gasteiger partial charge in [0.25, 0.3) is 10.0 Å². The Morgan fingerprint density at radius 2 is 1.75 bits per heavy atom. The number of sulfonamides is 1. The number of anilines is 2. The molecule has 0 saturated heterocycles. The predicted octanol–water partition coefficient (Wildman–Crippen LogP) is 4.54. The Labute approximate surface area is 166 Å². The van der Waals surface area contributed by atoms with E-state index in [1.54, 1.807) is 31.2 Å². The van der Waals surface area contributed by atoms with E-state index in [-0.39, 0.29) is 4.90 Å². The molecule has 1 aromatic heterocycles. The number of hydrogen-bond acceptors (Lipinski definition) is 4. The van der Waals surface area contributed by atoms with Gasteiger partial charge in [-0.15, -0.1) is 0 Å². The molecule has 2 N–H and O–H groups in total. The number of aromatic nitrogens is 1. The molecule has 0 unspecified atom stereocenters. The van der Waals surface area contributed by atoms with E-state index in [1.165, 1.54) is 11.8 Å². The number of aryl methyl sites for hydroxylation is 3. The van der Waals surface area contributed by atoms with Crippen LogP contribution in [0.5, 0.6) is 0 Å². The molecule has 0 aliphatic carbocycles. The minimum atomic E-state index is -3.64. The number of nitrogens with zero attached hydrogens (tertiary/aromatic N) is 1. The van der Waals surface area contributed by atoms with Crippen molar-refractivity contribution >= 4 is 21.5 Å². The summed E-state index contributed by atoms with van der Waals surface area (Å²) in [6.07, 6.45) is 3.52. The van der Waals surface area contributed by atoms with Crippen molar-refractivity contribution in [3.63, 3.8) is 0 Å². The van der Waals surface area contributed by atoms with E-state index >= 15 is 0 Å². The van der Waals surface area contributed by atoms with Crippen LogP contribution in [-0.4, -0.2) is 19.9 Å². The Balaban J connectivity index is 1.55. The topological polar surface area (TPSA) is 71.1 Å². The molecule has 1 heterocycles. The first-order valence-corrected chi connectivity index (χ1v) is 10.8. The van der Waals surface area contributed by atoms with Gasteiger partial charge in [0.05, 0.1) is 16.8 Å². The summed E-state index contributed by atoms with van der Waals surface area (Å²) in [5.74, 6) is 0.725. The monoisotopic (exact) mass is 395 g/mol. The van der Waals surface area contributed by atoms with Crippen molar-refractivity contribution in [2.24, 2.45) is 0 Å². The molecule has 0 radical (unpaired) electrons. The first kappa shape index (κ1) is 19.9. The van der Waals surface area contributed by atoms with Crippen LogP contribution in [0.1, 0.15) is 23.1 Å². The van der Waals surface area contributed by atoms with Crippen LogP contribution in [0, 0.1) is 13.8 Å². The third-order valence-electron chi connectivity index (χ3n) is 4.43. The molecular weight excluding hydrogens is 370 g/mol. The summed E-state index contributed by atoms with van der Waals surface area (Å²) in [6, 6.07) is 19.1. The largest absolute Gasteiger partial charge is 0.370 e. The molecule has 0 fully saturated rings. The maximum Gasteiger partial charge on any atom is 0.262 e. The molecule has 2 aromatic carbocycles. The first-order chi connectivity index (χ1) is 13.4. The fraction of sp³-hybridized carbons (Fsp3) is 0.227. The van der Waals surface area contributed by atoms with Gasteiger partial charge in [-0.25, -0.2) is 13.4 Å². The standard InChI is InChI=1S/C22H25N3O2S/c1-17-10-12-21(18(2)15-17)28(26,27)25-20-11-13-22(24-16-20)23-14-6-9-19-7-4-3-5-8-19/h3-5,7-8,10-13,15-16,25H,6,9,14H2,1-2H3,(H,23,24). The molecular formula is C22H25N3O2S. The average Bonchev–Trinajstić information content (AvgIpc) is 2.67. The highest BCUT2D eigenvalue weighted by Crippen LogP contribution is 2.20. The SMILES string of the molecule is Cc1ccc(S(=O)(=O)Nc2ccc(NCCCc3ccccc3)nc2)c(C)c1. The molecule has 0 amide bonds. The van der Waals surface area contributed by atoms with Crippen LogP contribution >= 0.6 is 0 Å². The van der Waals surface area contributed by atoms with Crippen LogP contribution in [0.4, 0.5) is 11.5 Å². The van der Waals surface area contributed by atoms with E-state index in [1.807, 2.05) is 31.2 Å². The van der Waals surface area contributed by atoms with E-state index in [4.69, 9.17) is 0 Å². The van der Waals surface area contributed by atoms with Crippen LogP contribution in [0.15, 0.2) is 71.8 Å². The van der Waals surface area contributed by atoms with Crippen molar-refractivity contribution in [2.75, 3.05) is 16.6 Å². The molecule has 28 heavy (non-hydrogen) atoms. The Morgan fingerprint density at radius 1 is 0.964 bits per heavy atom. The van der Waals surface area contributed by atoms with Gasteiger partial charge in [0.1, 0.15) is 5.82 Å². The van der Waals surface area contributed by atoms with Crippen molar-refractivity contribution in [3.05, 3.63) is 83.6 Å². The average molecular weight is 396 g/mol. The van der Waals surface area contributed by atoms with Crippen LogP contribution in [0.25, 0.3) is 0 Å². The highest BCUT2D eigenvalue weighted by molar-refractivity contribution is 7.92. The van der Waals surface area contributed by atoms with Gasteiger partial charge in [0, 0.05) is 6.54 Å². The zero-order valence-electron chi connectivity index (χ0n) is 16.1. The summed E-state index contributed by atoms with van der Waals surface area (Å²) in [5, 5.41) is 3.26. The molecule has 3 aromatic rings. The van der Waals surface area contributed by atoms with Gasteiger partial charge in [-0.05, 0) is 56.0 Å². The van der Waals surface area contributed by atoms with Crippen LogP contribution in [0.2, 0.25) is 0 Å². The third kappa shape index (κ3) is 5.33. The zero-order valence-corrected chi connectivity index (χ0v) is 17.0. The Hall–Kier alpha value is -2.86. The smallest absolute Gasteiger partial charge is 0.262 e. The van der Waals surface area contributed by atoms with Crippen molar-refractivity contribution in [2.45, 2.75) is 31.6 Å². The minimum absolute atomic E-state index is 0.279. The lowest BCUT2D eigenvalue weighted by Crippen LogP contribution is -2.14. The normalized spacial score (nSPS) is 11.2. The summed E-state index contributed by atoms with van der Waals surface area (Å²) in [7, 11) is -3.64. The molecule has 0 spiro atoms. The molecule has 0 bridgehead atoms. The Bertz CT molecular complexity index is 1020. The molecule has 0 saturated carbocycles. The van der Waals surface area contributed by atoms with Crippen LogP contribution in [-0.2, 0) is 16.4 Å². The lowest BCUT2D eigenvalue weighted by atomic mass is 10.1. The second kappa shape index (κ2) is 8.89. The fourth-order valence-electron chi connectivity index (χ4n) is 3.02. The highest BCUT2D eigenvalue weighted by Gasteiger charge is 2.17. The minimum Gasteiger partial charge on any atom is -0.370 e. The van der Waals surface area contributed by atoms with Crippen molar-refractivity contribution in [3.8, 4) is 0 Å². The van der Waals surface area contributed by atoms with Gasteiger partial charge in [0.2, 0.25) is 0 Å². The summed E-state index contributed by atoms with van der Waals surface area (Å²) in [4.78, 5) is 4.58. The van der Waals surface area contributed by atoms with E-state index in [2.05, 4.69) is 27.2 Å². The van der Waals surface area contributed by atoms with Gasteiger partial charge < -0.3 is 5.32 Å². The summed E-state index contributed by atoms with van der Waals surface area (Å²) < 4.78 is 27.8. The molecule has 6 heteroatoms. The van der Waals surface area contributed by atoms with Gasteiger partial charge in [-0.1, -0.05) is 48.0 Å². The summed E-state index contributed by atoms with van der Waals surface area (Å²) in [6.45, 7) is 4.53. The van der Waals surface area contributed by atoms with Crippen LogP contribution in [0.3, 0.4) is 0 Å². The fourth-order valence-corrected chi connectivity index (χ4v) is 4.29. The molecule has 146 valence electrons. The van der Waals surface area contributed by atoms with E-state index in [0.717, 1.165) is 36.3 Å². The van der Waals surface area contributed by atoms with Gasteiger partial charge in [0.15, 0.2) is 0 Å². The lowest BCUT2D eigenvalue weighted by molar-refractivity contribution is 0.600. The molecule has 0 aliphatic rings. The Morgan fingerprint density at radius 3 is 2.43 bits per heavy atom. The highest BCUT2D eigenvalue weighted by atomic mass is 32.2. The second-order valence-corrected chi connectivity index (χ2v) is 8.47. The Kier molecular flexibility index (Phi) is 6.31. The first-order valence-electron chi connectivity index (χ1n) is 9.28. The van der Waals surface area contributed by atoms with E-state index < -0.39 is 10.0 Å². The van der Waals surface area contributed by atoms with Gasteiger partial charge >= 0.3 is 0 Å². The maximum absolute atomic E-state index is 12.6. The lowest BCUT2D eigenvalue weighted by Gasteiger charge is -2.11. The predicted molar refractivity (Wildman–Crippen MR) is 114 cm³/mol. The third-order valence-corrected chi connectivity index (χ3v) is 5.97. The molecule has 0 aliphatic heterocycles. The number of nitrogens with one attached hydrogen (secondary N) is 2. The number of rotatable bonds is 8. The molecule has 3 rings (SSSR count). The molecule has 0 atom stereocenters. The van der Waals surface area contributed by atoms with Crippen molar-refractivity contribution in [1.82, 2.24) is 4.98 Å². The van der Waals surface area contributed by atoms with E-state index in [0.29, 0.717) is 5.69 Å². The number of pyridine rings is 1. The number of benzene rings is 2. The number of hydrogen-bond donors (Lipinski definition) is 2. The second-order valence-electron chi connectivity index (χ2n) is 6.82. The van der Waals surface area contributed by atoms with Crippen molar-refractivity contribution < 1.29 is 8.42 Å². The quantitative estimate of drug-likeness (QED) is 0.549. The zero-order chi connectivity index (χ0) is 20.0. The van der Waals surface area contributed by atoms with Gasteiger partial charge in [-0.2, -0.15) is 0 Å².